The second-order valence-electron chi connectivity index (χ2n) is 5.09. The summed E-state index contributed by atoms with van der Waals surface area (Å²) in [4.78, 5) is 25.1. The van der Waals surface area contributed by atoms with Crippen LogP contribution >= 0.6 is 0 Å². The normalized spacial score (nSPS) is 21.2. The molecule has 114 valence electrons. The fourth-order valence-electron chi connectivity index (χ4n) is 2.68. The molecule has 6 nitrogen and oxygen atoms in total. The number of carboxylic acid groups (broad SMARTS) is 1. The largest absolute Gasteiger partial charge is 0.480 e. The lowest BCUT2D eigenvalue weighted by atomic mass is 9.97. The van der Waals surface area contributed by atoms with Crippen molar-refractivity contribution >= 4 is 23.3 Å². The molecule has 21 heavy (non-hydrogen) atoms. The van der Waals surface area contributed by atoms with E-state index in [1.54, 1.807) is 24.3 Å². The number of aliphatic carboxylic acids is 1. The molecule has 1 heterocycles. The van der Waals surface area contributed by atoms with Crippen molar-refractivity contribution in [2.24, 2.45) is 5.92 Å². The number of hydrogen-bond donors (Lipinski definition) is 2. The maximum absolute atomic E-state index is 12.7. The van der Waals surface area contributed by atoms with E-state index < -0.39 is 12.5 Å². The first-order valence-electron chi connectivity index (χ1n) is 7.03. The van der Waals surface area contributed by atoms with Crippen LogP contribution in [0.25, 0.3) is 0 Å². The van der Waals surface area contributed by atoms with Gasteiger partial charge in [-0.25, -0.2) is 0 Å². The van der Waals surface area contributed by atoms with Crippen LogP contribution in [0.15, 0.2) is 24.3 Å². The summed E-state index contributed by atoms with van der Waals surface area (Å²) in [5, 5.41) is 9.08. The Morgan fingerprint density at radius 3 is 2.76 bits per heavy atom. The summed E-state index contributed by atoms with van der Waals surface area (Å²) in [5.74, 6) is -1.62. The van der Waals surface area contributed by atoms with Crippen molar-refractivity contribution in [3.63, 3.8) is 0 Å². The van der Waals surface area contributed by atoms with E-state index >= 15 is 0 Å². The Morgan fingerprint density at radius 1 is 1.43 bits per heavy atom. The number of benzene rings is 1. The predicted octanol–water partition coefficient (Wildman–Crippen LogP) is 1.50. The first-order chi connectivity index (χ1) is 10.0. The van der Waals surface area contributed by atoms with Crippen LogP contribution in [0.5, 0.6) is 0 Å². The standard InChI is InChI=1S/C15H20N2O4/c1-2-13-10(7-8-21-13)15(20)17(9-14(18)19)12-6-4-3-5-11(12)16/h3-6,10,13H,2,7-9,16H2,1H3,(H,18,19). The molecule has 2 rings (SSSR count). The molecule has 1 saturated heterocycles. The van der Waals surface area contributed by atoms with E-state index in [0.717, 1.165) is 6.42 Å². The van der Waals surface area contributed by atoms with Gasteiger partial charge < -0.3 is 15.6 Å². The third-order valence-electron chi connectivity index (χ3n) is 3.72. The minimum absolute atomic E-state index is 0.154. The van der Waals surface area contributed by atoms with Gasteiger partial charge in [0.2, 0.25) is 5.91 Å². The number of carboxylic acids is 1. The van der Waals surface area contributed by atoms with E-state index in [4.69, 9.17) is 15.6 Å². The fourth-order valence-corrected chi connectivity index (χ4v) is 2.68. The zero-order chi connectivity index (χ0) is 15.4. The van der Waals surface area contributed by atoms with E-state index in [2.05, 4.69) is 0 Å². The maximum Gasteiger partial charge on any atom is 0.323 e. The molecule has 1 aromatic carbocycles. The minimum atomic E-state index is -1.07. The Bertz CT molecular complexity index is 532. The smallest absolute Gasteiger partial charge is 0.323 e. The zero-order valence-electron chi connectivity index (χ0n) is 12.0. The molecule has 1 aliphatic rings. The molecular weight excluding hydrogens is 272 g/mol. The fraction of sp³-hybridized carbons (Fsp3) is 0.467. The van der Waals surface area contributed by atoms with E-state index in [1.807, 2.05) is 6.92 Å². The molecule has 2 atom stereocenters. The molecule has 1 aromatic rings. The second kappa shape index (κ2) is 6.58. The van der Waals surface area contributed by atoms with Crippen LogP contribution in [0.2, 0.25) is 0 Å². The minimum Gasteiger partial charge on any atom is -0.480 e. The van der Waals surface area contributed by atoms with E-state index in [9.17, 15) is 9.59 Å². The van der Waals surface area contributed by atoms with Crippen molar-refractivity contribution in [1.82, 2.24) is 0 Å². The number of nitrogens with two attached hydrogens (primary N) is 1. The molecule has 0 bridgehead atoms. The van der Waals surface area contributed by atoms with Gasteiger partial charge in [0, 0.05) is 6.61 Å². The summed E-state index contributed by atoms with van der Waals surface area (Å²) in [7, 11) is 0. The summed E-state index contributed by atoms with van der Waals surface area (Å²) in [6.07, 6.45) is 1.18. The number of hydrogen-bond acceptors (Lipinski definition) is 4. The number of nitrogens with zero attached hydrogens (tertiary/aromatic N) is 1. The van der Waals surface area contributed by atoms with Crippen molar-refractivity contribution < 1.29 is 19.4 Å². The number of carbonyl (C=O) groups excluding carboxylic acids is 1. The van der Waals surface area contributed by atoms with Gasteiger partial charge in [0.15, 0.2) is 0 Å². The average molecular weight is 292 g/mol. The topological polar surface area (TPSA) is 92.9 Å². The third-order valence-corrected chi connectivity index (χ3v) is 3.72. The van der Waals surface area contributed by atoms with Gasteiger partial charge in [0.05, 0.1) is 23.4 Å². The summed E-state index contributed by atoms with van der Waals surface area (Å²) in [6.45, 7) is 2.08. The van der Waals surface area contributed by atoms with E-state index in [1.165, 1.54) is 4.90 Å². The number of rotatable bonds is 5. The number of carbonyl (C=O) groups is 2. The molecule has 2 unspecified atom stereocenters. The summed E-state index contributed by atoms with van der Waals surface area (Å²) in [5.41, 5.74) is 6.71. The Hall–Kier alpha value is -2.08. The zero-order valence-corrected chi connectivity index (χ0v) is 12.0. The van der Waals surface area contributed by atoms with Crippen LogP contribution in [0, 0.1) is 5.92 Å². The van der Waals surface area contributed by atoms with E-state index in [0.29, 0.717) is 24.4 Å². The third kappa shape index (κ3) is 3.33. The summed E-state index contributed by atoms with van der Waals surface area (Å²) in [6, 6.07) is 6.79. The van der Waals surface area contributed by atoms with Crippen LogP contribution < -0.4 is 10.6 Å². The Morgan fingerprint density at radius 2 is 2.14 bits per heavy atom. The van der Waals surface area contributed by atoms with Crippen molar-refractivity contribution in [3.8, 4) is 0 Å². The van der Waals surface area contributed by atoms with E-state index in [-0.39, 0.29) is 17.9 Å². The van der Waals surface area contributed by atoms with Crippen LogP contribution in [-0.4, -0.2) is 36.2 Å². The molecular formula is C15H20N2O4. The van der Waals surface area contributed by atoms with Gasteiger partial charge in [-0.1, -0.05) is 19.1 Å². The molecule has 0 aliphatic carbocycles. The van der Waals surface area contributed by atoms with Crippen LogP contribution in [0.4, 0.5) is 11.4 Å². The van der Waals surface area contributed by atoms with Crippen molar-refractivity contribution in [3.05, 3.63) is 24.3 Å². The maximum atomic E-state index is 12.7. The van der Waals surface area contributed by atoms with Crippen LogP contribution in [0.3, 0.4) is 0 Å². The molecule has 1 fully saturated rings. The van der Waals surface area contributed by atoms with Gasteiger partial charge in [-0.2, -0.15) is 0 Å². The summed E-state index contributed by atoms with van der Waals surface area (Å²) < 4.78 is 5.53. The molecule has 0 saturated carbocycles. The summed E-state index contributed by atoms with van der Waals surface area (Å²) >= 11 is 0. The highest BCUT2D eigenvalue weighted by Crippen LogP contribution is 2.30. The Kier molecular flexibility index (Phi) is 4.80. The molecule has 3 N–H and O–H groups in total. The van der Waals surface area contributed by atoms with Crippen molar-refractivity contribution in [2.45, 2.75) is 25.9 Å². The quantitative estimate of drug-likeness (QED) is 0.802. The number of amides is 1. The van der Waals surface area contributed by atoms with Crippen molar-refractivity contribution in [1.29, 1.82) is 0 Å². The predicted molar refractivity (Wildman–Crippen MR) is 79.0 cm³/mol. The lowest BCUT2D eigenvalue weighted by Crippen LogP contribution is -2.42. The SMILES string of the molecule is CCC1OCCC1C(=O)N(CC(=O)O)c1ccccc1N. The highest BCUT2D eigenvalue weighted by atomic mass is 16.5. The van der Waals surface area contributed by atoms with Gasteiger partial charge in [-0.3, -0.25) is 14.5 Å². The molecule has 0 radical (unpaired) electrons. The Balaban J connectivity index is 2.30. The van der Waals surface area contributed by atoms with Gasteiger partial charge >= 0.3 is 5.97 Å². The van der Waals surface area contributed by atoms with Crippen LogP contribution in [-0.2, 0) is 14.3 Å². The average Bonchev–Trinajstić information content (AvgIpc) is 2.93. The monoisotopic (exact) mass is 292 g/mol. The first-order valence-corrected chi connectivity index (χ1v) is 7.03. The molecule has 0 aromatic heterocycles. The number of ether oxygens (including phenoxy) is 1. The number of para-hydroxylation sites is 2. The number of anilines is 2. The highest BCUT2D eigenvalue weighted by molar-refractivity contribution is 6.01. The molecule has 1 aliphatic heterocycles. The molecule has 0 spiro atoms. The number of nitrogen functional groups attached to an aromatic ring is 1. The highest BCUT2D eigenvalue weighted by Gasteiger charge is 2.37. The van der Waals surface area contributed by atoms with Gasteiger partial charge in [0.25, 0.3) is 0 Å². The lowest BCUT2D eigenvalue weighted by molar-refractivity contribution is -0.137. The van der Waals surface area contributed by atoms with Crippen molar-refractivity contribution in [2.75, 3.05) is 23.8 Å². The van der Waals surface area contributed by atoms with Crippen LogP contribution in [0.1, 0.15) is 19.8 Å². The second-order valence-corrected chi connectivity index (χ2v) is 5.09. The van der Waals surface area contributed by atoms with Gasteiger partial charge in [0.1, 0.15) is 6.54 Å². The first kappa shape index (κ1) is 15.3. The molecule has 6 heteroatoms. The van der Waals surface area contributed by atoms with Gasteiger partial charge in [-0.15, -0.1) is 0 Å². The Labute approximate surface area is 123 Å². The van der Waals surface area contributed by atoms with Gasteiger partial charge in [-0.05, 0) is 25.0 Å². The molecule has 1 amide bonds. The lowest BCUT2D eigenvalue weighted by Gasteiger charge is -2.27.